The lowest BCUT2D eigenvalue weighted by molar-refractivity contribution is -0.129. The van der Waals surface area contributed by atoms with Crippen LogP contribution in [0.3, 0.4) is 0 Å². The molecule has 0 saturated carbocycles. The molecule has 0 aromatic rings. The highest BCUT2D eigenvalue weighted by Gasteiger charge is 2.13. The average molecular weight is 172 g/mol. The second-order valence-electron chi connectivity index (χ2n) is 3.41. The Morgan fingerprint density at radius 2 is 1.83 bits per heavy atom. The van der Waals surface area contributed by atoms with Gasteiger partial charge in [-0.05, 0) is 20.5 Å². The lowest BCUT2D eigenvalue weighted by Crippen LogP contribution is -2.34. The summed E-state index contributed by atoms with van der Waals surface area (Å²) in [6, 6.07) is 0.338. The maximum atomic E-state index is 11.3. The van der Waals surface area contributed by atoms with Crippen LogP contribution in [0.1, 0.15) is 20.3 Å². The van der Waals surface area contributed by atoms with Crippen molar-refractivity contribution >= 4 is 5.91 Å². The summed E-state index contributed by atoms with van der Waals surface area (Å²) in [5.74, 6) is 0.197. The zero-order valence-corrected chi connectivity index (χ0v) is 8.79. The Kier molecular flexibility index (Phi) is 4.90. The Morgan fingerprint density at radius 1 is 1.33 bits per heavy atom. The fourth-order valence-corrected chi connectivity index (χ4v) is 0.903. The maximum Gasteiger partial charge on any atom is 0.223 e. The van der Waals surface area contributed by atoms with Crippen LogP contribution in [-0.4, -0.2) is 49.4 Å². The predicted octanol–water partition coefficient (Wildman–Crippen LogP) is 0.805. The zero-order chi connectivity index (χ0) is 9.72. The monoisotopic (exact) mass is 172 g/mol. The number of carbonyl (C=O) groups is 1. The number of nitrogens with zero attached hydrogens (tertiary/aromatic N) is 2. The normalized spacial score (nSPS) is 13.2. The van der Waals surface area contributed by atoms with Crippen LogP contribution in [0.5, 0.6) is 0 Å². The van der Waals surface area contributed by atoms with Crippen molar-refractivity contribution in [1.29, 1.82) is 0 Å². The molecule has 1 amide bonds. The first kappa shape index (κ1) is 11.4. The van der Waals surface area contributed by atoms with Crippen molar-refractivity contribution in [2.75, 3.05) is 27.7 Å². The molecule has 0 aliphatic rings. The Bertz CT molecular complexity index is 145. The summed E-state index contributed by atoms with van der Waals surface area (Å²) in [4.78, 5) is 15.1. The first-order chi connectivity index (χ1) is 5.49. The quantitative estimate of drug-likeness (QED) is 0.626. The van der Waals surface area contributed by atoms with Gasteiger partial charge in [0.25, 0.3) is 0 Å². The van der Waals surface area contributed by atoms with Gasteiger partial charge in [0.05, 0.1) is 0 Å². The van der Waals surface area contributed by atoms with E-state index in [0.717, 1.165) is 6.54 Å². The Labute approximate surface area is 75.3 Å². The second-order valence-corrected chi connectivity index (χ2v) is 3.41. The fourth-order valence-electron chi connectivity index (χ4n) is 0.903. The van der Waals surface area contributed by atoms with Crippen molar-refractivity contribution in [1.82, 2.24) is 9.80 Å². The maximum absolute atomic E-state index is 11.3. The van der Waals surface area contributed by atoms with Gasteiger partial charge in [0, 0.05) is 26.6 Å². The summed E-state index contributed by atoms with van der Waals surface area (Å²) in [6.07, 6.45) is 0.608. The highest BCUT2D eigenvalue weighted by molar-refractivity contribution is 5.76. The van der Waals surface area contributed by atoms with Gasteiger partial charge in [0.1, 0.15) is 0 Å². The molecule has 0 aliphatic carbocycles. The summed E-state index contributed by atoms with van der Waals surface area (Å²) >= 11 is 0. The number of hydrogen-bond acceptors (Lipinski definition) is 2. The molecule has 72 valence electrons. The molecule has 0 N–H and O–H groups in total. The molecule has 0 saturated heterocycles. The van der Waals surface area contributed by atoms with E-state index >= 15 is 0 Å². The summed E-state index contributed by atoms with van der Waals surface area (Å²) in [5, 5.41) is 0. The highest BCUT2D eigenvalue weighted by atomic mass is 16.2. The first-order valence-corrected chi connectivity index (χ1v) is 4.39. The lowest BCUT2D eigenvalue weighted by atomic mass is 10.2. The molecule has 1 atom stereocenters. The molecule has 12 heavy (non-hydrogen) atoms. The van der Waals surface area contributed by atoms with Gasteiger partial charge in [-0.15, -0.1) is 0 Å². The van der Waals surface area contributed by atoms with E-state index in [4.69, 9.17) is 0 Å². The first-order valence-electron chi connectivity index (χ1n) is 4.39. The SMILES string of the molecule is CCN(C)C(C)CC(=O)N(C)C. The van der Waals surface area contributed by atoms with Gasteiger partial charge in [-0.25, -0.2) is 0 Å². The Morgan fingerprint density at radius 3 is 2.17 bits per heavy atom. The summed E-state index contributed by atoms with van der Waals surface area (Å²) in [6.45, 7) is 5.16. The predicted molar refractivity (Wildman–Crippen MR) is 51.1 cm³/mol. The number of amides is 1. The van der Waals surface area contributed by atoms with Crippen LogP contribution in [-0.2, 0) is 4.79 Å². The third-order valence-electron chi connectivity index (χ3n) is 2.22. The molecule has 0 fully saturated rings. The van der Waals surface area contributed by atoms with Crippen molar-refractivity contribution in [2.24, 2.45) is 0 Å². The summed E-state index contributed by atoms with van der Waals surface area (Å²) < 4.78 is 0. The van der Waals surface area contributed by atoms with E-state index in [1.165, 1.54) is 0 Å². The van der Waals surface area contributed by atoms with Crippen LogP contribution in [0.15, 0.2) is 0 Å². The van der Waals surface area contributed by atoms with E-state index < -0.39 is 0 Å². The summed E-state index contributed by atoms with van der Waals surface area (Å²) in [5.41, 5.74) is 0. The van der Waals surface area contributed by atoms with Crippen molar-refractivity contribution in [3.05, 3.63) is 0 Å². The molecular formula is C9H20N2O. The molecular weight excluding hydrogens is 152 g/mol. The van der Waals surface area contributed by atoms with Crippen molar-refractivity contribution < 1.29 is 4.79 Å². The second kappa shape index (κ2) is 5.14. The Hall–Kier alpha value is -0.570. The van der Waals surface area contributed by atoms with Gasteiger partial charge in [-0.3, -0.25) is 4.79 Å². The van der Waals surface area contributed by atoms with E-state index in [2.05, 4.69) is 18.7 Å². The van der Waals surface area contributed by atoms with Crippen LogP contribution in [0.2, 0.25) is 0 Å². The van der Waals surface area contributed by atoms with Crippen LogP contribution in [0, 0.1) is 0 Å². The zero-order valence-electron chi connectivity index (χ0n) is 8.79. The van der Waals surface area contributed by atoms with E-state index in [-0.39, 0.29) is 5.91 Å². The number of carbonyl (C=O) groups excluding carboxylic acids is 1. The fraction of sp³-hybridized carbons (Fsp3) is 0.889. The molecule has 0 spiro atoms. The third-order valence-corrected chi connectivity index (χ3v) is 2.22. The van der Waals surface area contributed by atoms with Crippen LogP contribution in [0.25, 0.3) is 0 Å². The van der Waals surface area contributed by atoms with Gasteiger partial charge in [0.15, 0.2) is 0 Å². The Balaban J connectivity index is 3.83. The molecule has 0 radical (unpaired) electrons. The van der Waals surface area contributed by atoms with Crippen LogP contribution < -0.4 is 0 Å². The molecule has 0 rings (SSSR count). The molecule has 0 aromatic carbocycles. The van der Waals surface area contributed by atoms with Gasteiger partial charge >= 0.3 is 0 Å². The van der Waals surface area contributed by atoms with Crippen LogP contribution in [0.4, 0.5) is 0 Å². The van der Waals surface area contributed by atoms with E-state index in [1.807, 2.05) is 7.05 Å². The topological polar surface area (TPSA) is 23.6 Å². The average Bonchev–Trinajstić information content (AvgIpc) is 2.02. The van der Waals surface area contributed by atoms with Crippen molar-refractivity contribution in [2.45, 2.75) is 26.3 Å². The molecule has 0 aromatic heterocycles. The van der Waals surface area contributed by atoms with E-state index in [1.54, 1.807) is 19.0 Å². The van der Waals surface area contributed by atoms with Gasteiger partial charge in [0.2, 0.25) is 5.91 Å². The van der Waals surface area contributed by atoms with E-state index in [0.29, 0.717) is 12.5 Å². The van der Waals surface area contributed by atoms with Gasteiger partial charge in [-0.2, -0.15) is 0 Å². The van der Waals surface area contributed by atoms with Crippen molar-refractivity contribution in [3.8, 4) is 0 Å². The summed E-state index contributed by atoms with van der Waals surface area (Å²) in [7, 11) is 5.62. The molecule has 0 heterocycles. The highest BCUT2D eigenvalue weighted by Crippen LogP contribution is 2.01. The van der Waals surface area contributed by atoms with Crippen molar-refractivity contribution in [3.63, 3.8) is 0 Å². The largest absolute Gasteiger partial charge is 0.349 e. The molecule has 1 unspecified atom stereocenters. The van der Waals surface area contributed by atoms with Gasteiger partial charge < -0.3 is 9.80 Å². The molecule has 3 nitrogen and oxygen atoms in total. The minimum absolute atomic E-state index is 0.197. The number of rotatable bonds is 4. The molecule has 0 bridgehead atoms. The van der Waals surface area contributed by atoms with E-state index in [9.17, 15) is 4.79 Å². The molecule has 3 heteroatoms. The minimum Gasteiger partial charge on any atom is -0.349 e. The lowest BCUT2D eigenvalue weighted by Gasteiger charge is -2.23. The third kappa shape index (κ3) is 3.72. The van der Waals surface area contributed by atoms with Crippen LogP contribution >= 0.6 is 0 Å². The van der Waals surface area contributed by atoms with Gasteiger partial charge in [-0.1, -0.05) is 6.92 Å². The smallest absolute Gasteiger partial charge is 0.223 e. The standard InChI is InChI=1S/C9H20N2O/c1-6-11(5)8(2)7-9(12)10(3)4/h8H,6-7H2,1-5H3. The minimum atomic E-state index is 0.197. The molecule has 0 aliphatic heterocycles. The number of hydrogen-bond donors (Lipinski definition) is 0.